The Bertz CT molecular complexity index is 396. The van der Waals surface area contributed by atoms with E-state index in [9.17, 15) is 0 Å². The van der Waals surface area contributed by atoms with Crippen molar-refractivity contribution in [2.45, 2.75) is 26.2 Å². The van der Waals surface area contributed by atoms with Gasteiger partial charge in [-0.3, -0.25) is 4.99 Å². The first-order chi connectivity index (χ1) is 10.9. The van der Waals surface area contributed by atoms with Crippen LogP contribution in [0.15, 0.2) is 35.3 Å². The summed E-state index contributed by atoms with van der Waals surface area (Å²) in [6.07, 6.45) is 3.21. The first-order valence-electron chi connectivity index (χ1n) is 8.07. The zero-order chi connectivity index (χ0) is 15.9. The number of benzene rings is 1. The van der Waals surface area contributed by atoms with E-state index in [0.29, 0.717) is 13.2 Å². The summed E-state index contributed by atoms with van der Waals surface area (Å²) in [5.41, 5.74) is 0. The van der Waals surface area contributed by atoms with Gasteiger partial charge in [0.05, 0.1) is 13.2 Å². The van der Waals surface area contributed by atoms with Crippen LogP contribution in [0.25, 0.3) is 0 Å². The summed E-state index contributed by atoms with van der Waals surface area (Å²) in [4.78, 5) is 4.18. The molecule has 5 heteroatoms. The molecule has 0 saturated carbocycles. The lowest BCUT2D eigenvalue weighted by Gasteiger charge is -2.12. The first-order valence-corrected chi connectivity index (χ1v) is 8.07. The van der Waals surface area contributed by atoms with Crippen molar-refractivity contribution in [2.75, 3.05) is 40.0 Å². The van der Waals surface area contributed by atoms with Crippen LogP contribution in [0, 0.1) is 0 Å². The maximum absolute atomic E-state index is 5.64. The Hall–Kier alpha value is -1.75. The number of aliphatic imine (C=N–C) groups is 1. The van der Waals surface area contributed by atoms with Crippen molar-refractivity contribution in [3.05, 3.63) is 30.3 Å². The van der Waals surface area contributed by atoms with Gasteiger partial charge < -0.3 is 20.1 Å². The number of ether oxygens (including phenoxy) is 2. The minimum Gasteiger partial charge on any atom is -0.494 e. The van der Waals surface area contributed by atoms with E-state index in [1.165, 1.54) is 6.42 Å². The largest absolute Gasteiger partial charge is 0.494 e. The van der Waals surface area contributed by atoms with Gasteiger partial charge in [0.1, 0.15) is 5.75 Å². The quantitative estimate of drug-likeness (QED) is 0.374. The van der Waals surface area contributed by atoms with Gasteiger partial charge in [0.25, 0.3) is 0 Å². The molecular weight excluding hydrogens is 278 g/mol. The normalized spacial score (nSPS) is 11.3. The van der Waals surface area contributed by atoms with Gasteiger partial charge in [0.2, 0.25) is 0 Å². The molecule has 0 radical (unpaired) electrons. The number of rotatable bonds is 11. The number of guanidine groups is 1. The molecule has 1 aromatic carbocycles. The average Bonchev–Trinajstić information content (AvgIpc) is 2.56. The monoisotopic (exact) mass is 307 g/mol. The van der Waals surface area contributed by atoms with E-state index in [4.69, 9.17) is 9.47 Å². The molecule has 0 aliphatic heterocycles. The number of para-hydroxylation sites is 1. The highest BCUT2D eigenvalue weighted by atomic mass is 16.5. The van der Waals surface area contributed by atoms with E-state index in [-0.39, 0.29) is 0 Å². The average molecular weight is 307 g/mol. The summed E-state index contributed by atoms with van der Waals surface area (Å²) in [6.45, 7) is 5.98. The minimum atomic E-state index is 0.689. The fraction of sp³-hybridized carbons (Fsp3) is 0.588. The number of nitrogens with zero attached hydrogens (tertiary/aromatic N) is 1. The van der Waals surface area contributed by atoms with Gasteiger partial charge in [-0.25, -0.2) is 0 Å². The Morgan fingerprint density at radius 1 is 1.00 bits per heavy atom. The smallest absolute Gasteiger partial charge is 0.191 e. The minimum absolute atomic E-state index is 0.689. The van der Waals surface area contributed by atoms with E-state index < -0.39 is 0 Å². The first kappa shape index (κ1) is 18.3. The fourth-order valence-electron chi connectivity index (χ4n) is 1.80. The third-order valence-corrected chi connectivity index (χ3v) is 3.03. The molecular formula is C17H29N3O2. The van der Waals surface area contributed by atoms with Crippen LogP contribution in [0.5, 0.6) is 5.75 Å². The summed E-state index contributed by atoms with van der Waals surface area (Å²) in [5.74, 6) is 1.72. The van der Waals surface area contributed by atoms with Crippen molar-refractivity contribution in [3.8, 4) is 5.75 Å². The number of nitrogens with one attached hydrogen (secondary N) is 2. The van der Waals surface area contributed by atoms with E-state index >= 15 is 0 Å². The molecule has 0 atom stereocenters. The van der Waals surface area contributed by atoms with Crippen molar-refractivity contribution in [2.24, 2.45) is 4.99 Å². The molecule has 124 valence electrons. The predicted octanol–water partition coefficient (Wildman–Crippen LogP) is 2.44. The second kappa shape index (κ2) is 13.0. The summed E-state index contributed by atoms with van der Waals surface area (Å²) < 4.78 is 11.1. The Morgan fingerprint density at radius 3 is 2.50 bits per heavy atom. The van der Waals surface area contributed by atoms with Gasteiger partial charge in [-0.1, -0.05) is 31.5 Å². The molecule has 0 aromatic heterocycles. The third-order valence-electron chi connectivity index (χ3n) is 3.03. The van der Waals surface area contributed by atoms with Crippen LogP contribution < -0.4 is 15.4 Å². The number of hydrogen-bond acceptors (Lipinski definition) is 3. The summed E-state index contributed by atoms with van der Waals surface area (Å²) in [6, 6.07) is 9.86. The molecule has 0 aliphatic rings. The van der Waals surface area contributed by atoms with Gasteiger partial charge in [0.15, 0.2) is 5.96 Å². The van der Waals surface area contributed by atoms with Gasteiger partial charge in [0, 0.05) is 26.7 Å². The SMILES string of the molecule is CCCCOCCNC(=NC)NCCCOc1ccccc1. The van der Waals surface area contributed by atoms with Crippen molar-refractivity contribution in [1.82, 2.24) is 10.6 Å². The van der Waals surface area contributed by atoms with Crippen LogP contribution in [0.2, 0.25) is 0 Å². The molecule has 22 heavy (non-hydrogen) atoms. The molecule has 0 bridgehead atoms. The Kier molecular flexibility index (Phi) is 10.8. The van der Waals surface area contributed by atoms with Crippen molar-refractivity contribution >= 4 is 5.96 Å². The highest BCUT2D eigenvalue weighted by Gasteiger charge is 1.97. The number of unbranched alkanes of at least 4 members (excludes halogenated alkanes) is 1. The molecule has 0 spiro atoms. The summed E-state index contributed by atoms with van der Waals surface area (Å²) >= 11 is 0. The van der Waals surface area contributed by atoms with E-state index in [1.54, 1.807) is 7.05 Å². The zero-order valence-corrected chi connectivity index (χ0v) is 13.8. The maximum atomic E-state index is 5.64. The second-order valence-corrected chi connectivity index (χ2v) is 4.91. The van der Waals surface area contributed by atoms with Crippen LogP contribution in [-0.2, 0) is 4.74 Å². The Labute approximate surface area is 134 Å². The topological polar surface area (TPSA) is 54.9 Å². The second-order valence-electron chi connectivity index (χ2n) is 4.91. The fourth-order valence-corrected chi connectivity index (χ4v) is 1.80. The van der Waals surface area contributed by atoms with E-state index in [2.05, 4.69) is 22.5 Å². The van der Waals surface area contributed by atoms with Gasteiger partial charge in [-0.05, 0) is 25.0 Å². The number of hydrogen-bond donors (Lipinski definition) is 2. The standard InChI is InChI=1S/C17H29N3O2/c1-3-4-13-21-15-12-20-17(18-2)19-11-8-14-22-16-9-6-5-7-10-16/h5-7,9-10H,3-4,8,11-15H2,1-2H3,(H2,18,19,20). The van der Waals surface area contributed by atoms with Gasteiger partial charge in [-0.2, -0.15) is 0 Å². The molecule has 2 N–H and O–H groups in total. The Balaban J connectivity index is 1.99. The zero-order valence-electron chi connectivity index (χ0n) is 13.8. The summed E-state index contributed by atoms with van der Waals surface area (Å²) in [7, 11) is 1.77. The molecule has 0 heterocycles. The van der Waals surface area contributed by atoms with E-state index in [0.717, 1.165) is 44.2 Å². The van der Waals surface area contributed by atoms with Gasteiger partial charge in [-0.15, -0.1) is 0 Å². The van der Waals surface area contributed by atoms with Crippen LogP contribution in [0.3, 0.4) is 0 Å². The Morgan fingerprint density at radius 2 is 1.77 bits per heavy atom. The lowest BCUT2D eigenvalue weighted by molar-refractivity contribution is 0.136. The third kappa shape index (κ3) is 9.23. The molecule has 0 unspecified atom stereocenters. The lowest BCUT2D eigenvalue weighted by atomic mass is 10.3. The van der Waals surface area contributed by atoms with Crippen molar-refractivity contribution in [3.63, 3.8) is 0 Å². The highest BCUT2D eigenvalue weighted by Crippen LogP contribution is 2.07. The predicted molar refractivity (Wildman–Crippen MR) is 91.6 cm³/mol. The molecule has 0 aliphatic carbocycles. The van der Waals surface area contributed by atoms with Crippen molar-refractivity contribution in [1.29, 1.82) is 0 Å². The molecule has 0 amide bonds. The molecule has 1 aromatic rings. The van der Waals surface area contributed by atoms with E-state index in [1.807, 2.05) is 30.3 Å². The summed E-state index contributed by atoms with van der Waals surface area (Å²) in [5, 5.41) is 6.49. The molecule has 5 nitrogen and oxygen atoms in total. The van der Waals surface area contributed by atoms with Crippen LogP contribution >= 0.6 is 0 Å². The van der Waals surface area contributed by atoms with Crippen LogP contribution in [-0.4, -0.2) is 45.9 Å². The van der Waals surface area contributed by atoms with Crippen LogP contribution in [0.1, 0.15) is 26.2 Å². The molecule has 0 saturated heterocycles. The van der Waals surface area contributed by atoms with Crippen LogP contribution in [0.4, 0.5) is 0 Å². The molecule has 0 fully saturated rings. The maximum Gasteiger partial charge on any atom is 0.191 e. The highest BCUT2D eigenvalue weighted by molar-refractivity contribution is 5.79. The van der Waals surface area contributed by atoms with Crippen molar-refractivity contribution < 1.29 is 9.47 Å². The lowest BCUT2D eigenvalue weighted by Crippen LogP contribution is -2.39. The molecule has 1 rings (SSSR count). The van der Waals surface area contributed by atoms with Gasteiger partial charge >= 0.3 is 0 Å².